The minimum Gasteiger partial charge on any atom is -0.397 e. The topological polar surface area (TPSA) is 161 Å². The molecule has 0 aliphatic carbocycles. The zero-order valence-electron chi connectivity index (χ0n) is 20.3. The lowest BCUT2D eigenvalue weighted by atomic mass is 10.1. The third-order valence-corrected chi connectivity index (χ3v) is 5.49. The number of nitrogens with two attached hydrogens (primary N) is 3. The molecule has 0 fully saturated rings. The van der Waals surface area contributed by atoms with E-state index >= 15 is 0 Å². The minimum absolute atomic E-state index is 0.144. The Labute approximate surface area is 210 Å². The molecule has 3 aromatic heterocycles. The number of hydrogen-bond donors (Lipinski definition) is 4. The van der Waals surface area contributed by atoms with E-state index in [-0.39, 0.29) is 12.1 Å². The summed E-state index contributed by atoms with van der Waals surface area (Å²) in [6.45, 7) is 4.51. The fraction of sp³-hybridized carbons (Fsp3) is 0.231. The van der Waals surface area contributed by atoms with Crippen molar-refractivity contribution in [3.63, 3.8) is 0 Å². The van der Waals surface area contributed by atoms with Crippen molar-refractivity contribution < 1.29 is 0 Å². The van der Waals surface area contributed by atoms with Gasteiger partial charge < -0.3 is 21.8 Å². The molecule has 10 heteroatoms. The van der Waals surface area contributed by atoms with E-state index in [9.17, 15) is 0 Å². The highest BCUT2D eigenvalue weighted by atomic mass is 15.4. The fourth-order valence-electron chi connectivity index (χ4n) is 3.92. The molecular formula is C26H30N10. The Morgan fingerprint density at radius 1 is 1.17 bits per heavy atom. The van der Waals surface area contributed by atoms with E-state index in [2.05, 4.69) is 26.5 Å². The van der Waals surface area contributed by atoms with E-state index < -0.39 is 0 Å². The first-order valence-corrected chi connectivity index (χ1v) is 11.6. The van der Waals surface area contributed by atoms with Crippen LogP contribution in [-0.4, -0.2) is 43.4 Å². The molecule has 0 radical (unpaired) electrons. The number of aromatic nitrogens is 4. The van der Waals surface area contributed by atoms with Crippen LogP contribution in [0.25, 0.3) is 22.5 Å². The molecule has 0 saturated heterocycles. The molecule has 0 bridgehead atoms. The van der Waals surface area contributed by atoms with Crippen molar-refractivity contribution in [2.75, 3.05) is 11.9 Å². The van der Waals surface area contributed by atoms with Crippen molar-refractivity contribution in [3.8, 4) is 11.9 Å². The molecule has 0 aliphatic heterocycles. The number of rotatable bonds is 9. The van der Waals surface area contributed by atoms with Gasteiger partial charge >= 0.3 is 0 Å². The maximum atomic E-state index is 9.13. The molecule has 0 spiro atoms. The predicted octanol–water partition coefficient (Wildman–Crippen LogP) is 2.51. The number of fused-ring (bicyclic) bond motifs is 1. The molecule has 0 unspecified atom stereocenters. The van der Waals surface area contributed by atoms with Crippen molar-refractivity contribution in [2.24, 2.45) is 17.3 Å². The largest absolute Gasteiger partial charge is 0.397 e. The highest BCUT2D eigenvalue weighted by molar-refractivity contribution is 5.79. The van der Waals surface area contributed by atoms with Gasteiger partial charge in [0.25, 0.3) is 0 Å². The fourth-order valence-corrected chi connectivity index (χ4v) is 3.92. The summed E-state index contributed by atoms with van der Waals surface area (Å²) in [6, 6.07) is 15.7. The molecular weight excluding hydrogens is 452 g/mol. The standard InChI is InChI=1S/C26H30N10/c1-17(2)34-24-10-25(36-26-20(13-33-36)8-19(11-27)12-32-26)31-14-22(24)23(29)16-35(30)15-21(28)9-18-6-4-3-5-7-18/h3-8,10,12-14,16-17,21H,9,15,28-30H2,1-2H3,(H,31,34)/b23-16-/t21-/m0/s1. The summed E-state index contributed by atoms with van der Waals surface area (Å²) in [7, 11) is 0. The van der Waals surface area contributed by atoms with E-state index in [4.69, 9.17) is 22.6 Å². The Bertz CT molecular complexity index is 1400. The Hall–Kier alpha value is -4.46. The second-order valence-electron chi connectivity index (χ2n) is 8.92. The molecule has 4 aromatic rings. The van der Waals surface area contributed by atoms with Crippen LogP contribution >= 0.6 is 0 Å². The van der Waals surface area contributed by atoms with Crippen molar-refractivity contribution >= 4 is 22.4 Å². The van der Waals surface area contributed by atoms with Gasteiger partial charge in [-0.3, -0.25) is 0 Å². The number of nitrogens with one attached hydrogen (secondary N) is 1. The number of nitrogens with zero attached hydrogens (tertiary/aromatic N) is 6. The number of benzene rings is 1. The first-order chi connectivity index (χ1) is 17.3. The molecule has 184 valence electrons. The van der Waals surface area contributed by atoms with E-state index in [1.165, 1.54) is 11.2 Å². The van der Waals surface area contributed by atoms with Crippen molar-refractivity contribution in [1.82, 2.24) is 24.8 Å². The normalized spacial score (nSPS) is 12.5. The van der Waals surface area contributed by atoms with Gasteiger partial charge in [0.1, 0.15) is 6.07 Å². The molecule has 1 aromatic carbocycles. The number of nitriles is 1. The van der Waals surface area contributed by atoms with Gasteiger partial charge in [0.2, 0.25) is 0 Å². The van der Waals surface area contributed by atoms with Gasteiger partial charge in [-0.15, -0.1) is 0 Å². The lowest BCUT2D eigenvalue weighted by Gasteiger charge is -2.21. The summed E-state index contributed by atoms with van der Waals surface area (Å²) in [5.41, 5.74) is 16.9. The molecule has 3 heterocycles. The quantitative estimate of drug-likeness (QED) is 0.207. The molecule has 4 rings (SSSR count). The van der Waals surface area contributed by atoms with Crippen molar-refractivity contribution in [3.05, 3.63) is 83.9 Å². The van der Waals surface area contributed by atoms with Gasteiger partial charge in [-0.1, -0.05) is 30.3 Å². The van der Waals surface area contributed by atoms with Gasteiger partial charge in [-0.05, 0) is 31.9 Å². The van der Waals surface area contributed by atoms with Crippen LogP contribution in [0.15, 0.2) is 67.3 Å². The Morgan fingerprint density at radius 3 is 2.67 bits per heavy atom. The van der Waals surface area contributed by atoms with E-state index in [0.29, 0.717) is 41.3 Å². The molecule has 0 saturated carbocycles. The monoisotopic (exact) mass is 482 g/mol. The number of anilines is 1. The number of hydrogen-bond acceptors (Lipinski definition) is 9. The summed E-state index contributed by atoms with van der Waals surface area (Å²) in [5.74, 6) is 6.79. The van der Waals surface area contributed by atoms with Crippen molar-refractivity contribution in [2.45, 2.75) is 32.4 Å². The SMILES string of the molecule is CC(C)Nc1cc(-n2ncc3cc(C#N)cnc32)ncc1/C(N)=C/N(N)C[C@@H](N)Cc1ccccc1. The van der Waals surface area contributed by atoms with Crippen LogP contribution in [0.5, 0.6) is 0 Å². The van der Waals surface area contributed by atoms with Crippen LogP contribution in [-0.2, 0) is 6.42 Å². The molecule has 0 aliphatic rings. The van der Waals surface area contributed by atoms with Gasteiger partial charge in [0.15, 0.2) is 11.5 Å². The predicted molar refractivity (Wildman–Crippen MR) is 141 cm³/mol. The minimum atomic E-state index is -0.155. The lowest BCUT2D eigenvalue weighted by molar-refractivity contribution is 0.360. The maximum absolute atomic E-state index is 9.13. The van der Waals surface area contributed by atoms with Crippen LogP contribution in [0.4, 0.5) is 5.69 Å². The summed E-state index contributed by atoms with van der Waals surface area (Å²) in [4.78, 5) is 8.96. The summed E-state index contributed by atoms with van der Waals surface area (Å²) in [6.07, 6.45) is 7.23. The lowest BCUT2D eigenvalue weighted by Crippen LogP contribution is -2.40. The van der Waals surface area contributed by atoms with Gasteiger partial charge in [-0.2, -0.15) is 15.0 Å². The first-order valence-electron chi connectivity index (χ1n) is 11.6. The first kappa shape index (κ1) is 24.7. The third kappa shape index (κ3) is 5.78. The Morgan fingerprint density at radius 2 is 1.94 bits per heavy atom. The second kappa shape index (κ2) is 10.9. The van der Waals surface area contributed by atoms with Gasteiger partial charge in [0, 0.05) is 59.9 Å². The van der Waals surface area contributed by atoms with Crippen LogP contribution in [0.2, 0.25) is 0 Å². The van der Waals surface area contributed by atoms with Crippen LogP contribution in [0.3, 0.4) is 0 Å². The highest BCUT2D eigenvalue weighted by Crippen LogP contribution is 2.25. The zero-order valence-corrected chi connectivity index (χ0v) is 20.3. The van der Waals surface area contributed by atoms with E-state index in [1.807, 2.05) is 50.2 Å². The van der Waals surface area contributed by atoms with Crippen molar-refractivity contribution in [1.29, 1.82) is 5.26 Å². The van der Waals surface area contributed by atoms with E-state index in [0.717, 1.165) is 16.6 Å². The average Bonchev–Trinajstić information content (AvgIpc) is 3.27. The molecule has 36 heavy (non-hydrogen) atoms. The Kier molecular flexibility index (Phi) is 7.44. The summed E-state index contributed by atoms with van der Waals surface area (Å²) >= 11 is 0. The van der Waals surface area contributed by atoms with Crippen LogP contribution < -0.4 is 22.6 Å². The number of pyridine rings is 2. The maximum Gasteiger partial charge on any atom is 0.164 e. The van der Waals surface area contributed by atoms with Crippen LogP contribution in [0, 0.1) is 11.3 Å². The molecule has 1 atom stereocenters. The zero-order chi connectivity index (χ0) is 25.7. The molecule has 0 amide bonds. The van der Waals surface area contributed by atoms with Gasteiger partial charge in [0.05, 0.1) is 17.5 Å². The number of hydrazine groups is 1. The Balaban J connectivity index is 1.58. The summed E-state index contributed by atoms with van der Waals surface area (Å²) < 4.78 is 1.63. The average molecular weight is 483 g/mol. The van der Waals surface area contributed by atoms with Gasteiger partial charge in [-0.25, -0.2) is 15.8 Å². The summed E-state index contributed by atoms with van der Waals surface area (Å²) in [5, 5.41) is 19.2. The smallest absolute Gasteiger partial charge is 0.164 e. The third-order valence-electron chi connectivity index (χ3n) is 5.49. The molecule has 7 N–H and O–H groups in total. The second-order valence-corrected chi connectivity index (χ2v) is 8.92. The van der Waals surface area contributed by atoms with Crippen LogP contribution in [0.1, 0.15) is 30.5 Å². The van der Waals surface area contributed by atoms with E-state index in [1.54, 1.807) is 29.3 Å². The molecule has 10 nitrogen and oxygen atoms in total. The highest BCUT2D eigenvalue weighted by Gasteiger charge is 2.15.